The summed E-state index contributed by atoms with van der Waals surface area (Å²) in [4.78, 5) is 11.2. The second kappa shape index (κ2) is 14.9. The molecule has 1 aliphatic carbocycles. The average molecular weight is 487 g/mol. The Morgan fingerprint density at radius 2 is 2.03 bits per heavy atom. The number of carbonyl (C=O) groups is 1. The number of carbonyl (C=O) groups excluding carboxylic acids is 1. The fraction of sp³-hybridized carbons (Fsp3) is 0.815. The highest BCUT2D eigenvalue weighted by atomic mass is 19.1. The van der Waals surface area contributed by atoms with Gasteiger partial charge in [0, 0.05) is 18.9 Å². The molecule has 7 atom stereocenters. The molecular formula is C27H44F2O5. The van der Waals surface area contributed by atoms with Crippen molar-refractivity contribution in [3.8, 4) is 0 Å². The van der Waals surface area contributed by atoms with Crippen LogP contribution in [0.25, 0.3) is 0 Å². The van der Waals surface area contributed by atoms with Gasteiger partial charge in [0.05, 0.1) is 13.2 Å². The number of allylic oxidation sites excluding steroid dienone is 3. The van der Waals surface area contributed by atoms with Crippen molar-refractivity contribution in [3.63, 3.8) is 0 Å². The van der Waals surface area contributed by atoms with Gasteiger partial charge in [-0.15, -0.1) is 0 Å². The third-order valence-corrected chi connectivity index (χ3v) is 6.98. The van der Waals surface area contributed by atoms with Gasteiger partial charge < -0.3 is 19.3 Å². The fourth-order valence-electron chi connectivity index (χ4n) is 4.81. The van der Waals surface area contributed by atoms with E-state index in [0.717, 1.165) is 32.1 Å². The number of esters is 1. The SMILES string of the molecule is CCCCC(C)(F)[C@@H](C=C[C@H]1CC[C@H](O)[C@@H]1[C@@H](F)C=CCCCC(=O)OC)OC1CCCCO1. The van der Waals surface area contributed by atoms with Gasteiger partial charge in [-0.05, 0) is 64.2 Å². The standard InChI is InChI=1S/C27H44F2O5/c1-4-5-18-27(2,29)23(34-25-13-9-10-19-33-25)17-15-20-14-16-22(30)26(20)21(28)11-7-6-8-12-24(31)32-3/h7,11,15,17,20-23,25-26,30H,4-6,8-10,12-14,16,18-19H2,1-3H3/t20-,21+,22+,23-,25?,26+,27?/m1/s1. The number of halogens is 2. The van der Waals surface area contributed by atoms with Gasteiger partial charge in [-0.25, -0.2) is 8.78 Å². The Kier molecular flexibility index (Phi) is 12.7. The lowest BCUT2D eigenvalue weighted by Crippen LogP contribution is -2.40. The maximum Gasteiger partial charge on any atom is 0.305 e. The Labute approximate surface area is 203 Å². The summed E-state index contributed by atoms with van der Waals surface area (Å²) in [5.41, 5.74) is -1.56. The average Bonchev–Trinajstić information content (AvgIpc) is 3.20. The van der Waals surface area contributed by atoms with E-state index in [-0.39, 0.29) is 11.9 Å². The number of hydrogen-bond donors (Lipinski definition) is 1. The van der Waals surface area contributed by atoms with Crippen LogP contribution in [0, 0.1) is 11.8 Å². The number of methoxy groups -OCH3 is 1. The number of aliphatic hydroxyl groups is 1. The van der Waals surface area contributed by atoms with Crippen LogP contribution in [-0.4, -0.2) is 55.1 Å². The summed E-state index contributed by atoms with van der Waals surface area (Å²) in [6.45, 7) is 4.21. The number of ether oxygens (including phenoxy) is 3. The topological polar surface area (TPSA) is 65.0 Å². The summed E-state index contributed by atoms with van der Waals surface area (Å²) in [7, 11) is 1.35. The molecule has 0 radical (unpaired) electrons. The van der Waals surface area contributed by atoms with E-state index in [1.165, 1.54) is 13.2 Å². The van der Waals surface area contributed by atoms with Crippen molar-refractivity contribution < 1.29 is 32.9 Å². The van der Waals surface area contributed by atoms with Gasteiger partial charge in [-0.3, -0.25) is 4.79 Å². The van der Waals surface area contributed by atoms with Crippen LogP contribution in [0.4, 0.5) is 8.78 Å². The minimum atomic E-state index is -1.56. The highest BCUT2D eigenvalue weighted by Crippen LogP contribution is 2.38. The van der Waals surface area contributed by atoms with Crippen LogP contribution < -0.4 is 0 Å². The Balaban J connectivity index is 2.03. The number of aliphatic hydroxyl groups excluding tert-OH is 1. The molecule has 1 saturated heterocycles. The van der Waals surface area contributed by atoms with Gasteiger partial charge in [0.1, 0.15) is 17.9 Å². The summed E-state index contributed by atoms with van der Waals surface area (Å²) in [5, 5.41) is 10.4. The van der Waals surface area contributed by atoms with Gasteiger partial charge >= 0.3 is 5.97 Å². The van der Waals surface area contributed by atoms with Crippen molar-refractivity contribution in [2.75, 3.05) is 13.7 Å². The lowest BCUT2D eigenvalue weighted by Gasteiger charge is -2.33. The number of rotatable bonds is 14. The molecule has 5 nitrogen and oxygen atoms in total. The van der Waals surface area contributed by atoms with Crippen molar-refractivity contribution in [2.45, 2.75) is 115 Å². The molecule has 2 fully saturated rings. The summed E-state index contributed by atoms with van der Waals surface area (Å²) in [5.74, 6) is -1.07. The molecule has 0 amide bonds. The van der Waals surface area contributed by atoms with Gasteiger partial charge in [-0.2, -0.15) is 0 Å². The van der Waals surface area contributed by atoms with Crippen LogP contribution in [0.1, 0.15) is 84.5 Å². The molecule has 2 rings (SSSR count). The highest BCUT2D eigenvalue weighted by molar-refractivity contribution is 5.69. The van der Waals surface area contributed by atoms with Crippen LogP contribution in [0.2, 0.25) is 0 Å². The first-order valence-electron chi connectivity index (χ1n) is 13.0. The van der Waals surface area contributed by atoms with E-state index in [4.69, 9.17) is 9.47 Å². The summed E-state index contributed by atoms with van der Waals surface area (Å²) >= 11 is 0. The third-order valence-electron chi connectivity index (χ3n) is 6.98. The van der Waals surface area contributed by atoms with Crippen LogP contribution in [0.5, 0.6) is 0 Å². The predicted molar refractivity (Wildman–Crippen MR) is 129 cm³/mol. The normalized spacial score (nSPS) is 29.4. The minimum absolute atomic E-state index is 0.204. The molecule has 2 aliphatic rings. The second-order valence-corrected chi connectivity index (χ2v) is 9.85. The third kappa shape index (κ3) is 9.38. The Hall–Kier alpha value is -1.31. The molecule has 7 heteroatoms. The molecule has 1 saturated carbocycles. The molecule has 34 heavy (non-hydrogen) atoms. The first-order chi connectivity index (χ1) is 16.3. The number of alkyl halides is 2. The van der Waals surface area contributed by atoms with Gasteiger partial charge in [0.15, 0.2) is 6.29 Å². The fourth-order valence-corrected chi connectivity index (χ4v) is 4.81. The van der Waals surface area contributed by atoms with Crippen molar-refractivity contribution in [2.24, 2.45) is 11.8 Å². The van der Waals surface area contributed by atoms with Crippen LogP contribution in [0.3, 0.4) is 0 Å². The van der Waals surface area contributed by atoms with Crippen LogP contribution in [0.15, 0.2) is 24.3 Å². The van der Waals surface area contributed by atoms with E-state index in [2.05, 4.69) is 4.74 Å². The predicted octanol–water partition coefficient (Wildman–Crippen LogP) is 6.00. The minimum Gasteiger partial charge on any atom is -0.469 e. The van der Waals surface area contributed by atoms with Crippen LogP contribution in [-0.2, 0) is 19.0 Å². The smallest absolute Gasteiger partial charge is 0.305 e. The molecule has 0 aromatic carbocycles. The lowest BCUT2D eigenvalue weighted by atomic mass is 9.87. The van der Waals surface area contributed by atoms with Crippen molar-refractivity contribution in [1.29, 1.82) is 0 Å². The highest BCUT2D eigenvalue weighted by Gasteiger charge is 2.40. The molecule has 0 aromatic rings. The molecule has 0 bridgehead atoms. The summed E-state index contributed by atoms with van der Waals surface area (Å²) in [6.07, 6.45) is 10.8. The maximum absolute atomic E-state index is 15.6. The Morgan fingerprint density at radius 1 is 1.24 bits per heavy atom. The molecule has 1 heterocycles. The Bertz CT molecular complexity index is 645. The largest absolute Gasteiger partial charge is 0.469 e. The molecule has 2 unspecified atom stereocenters. The molecular weight excluding hydrogens is 442 g/mol. The Morgan fingerprint density at radius 3 is 2.71 bits per heavy atom. The van der Waals surface area contributed by atoms with E-state index in [1.54, 1.807) is 19.1 Å². The zero-order chi connectivity index (χ0) is 25.0. The van der Waals surface area contributed by atoms with Crippen molar-refractivity contribution >= 4 is 5.97 Å². The molecule has 0 aromatic heterocycles. The number of unbranched alkanes of at least 4 members (excludes halogenated alkanes) is 2. The molecule has 1 aliphatic heterocycles. The maximum atomic E-state index is 15.6. The van der Waals surface area contributed by atoms with E-state index < -0.39 is 36.3 Å². The molecule has 0 spiro atoms. The van der Waals surface area contributed by atoms with E-state index >= 15 is 8.78 Å². The quantitative estimate of drug-likeness (QED) is 0.185. The van der Waals surface area contributed by atoms with E-state index in [9.17, 15) is 9.90 Å². The van der Waals surface area contributed by atoms with Crippen molar-refractivity contribution in [1.82, 2.24) is 0 Å². The van der Waals surface area contributed by atoms with Crippen molar-refractivity contribution in [3.05, 3.63) is 24.3 Å². The van der Waals surface area contributed by atoms with Gasteiger partial charge in [-0.1, -0.05) is 44.1 Å². The van der Waals surface area contributed by atoms with E-state index in [0.29, 0.717) is 45.1 Å². The lowest BCUT2D eigenvalue weighted by molar-refractivity contribution is -0.201. The second-order valence-electron chi connectivity index (χ2n) is 9.85. The first-order valence-corrected chi connectivity index (χ1v) is 13.0. The molecule has 1 N–H and O–H groups in total. The van der Waals surface area contributed by atoms with E-state index in [1.807, 2.05) is 13.0 Å². The van der Waals surface area contributed by atoms with Gasteiger partial charge in [0.25, 0.3) is 0 Å². The zero-order valence-corrected chi connectivity index (χ0v) is 21.1. The molecule has 196 valence electrons. The summed E-state index contributed by atoms with van der Waals surface area (Å²) in [6, 6.07) is 0. The number of hydrogen-bond acceptors (Lipinski definition) is 5. The zero-order valence-electron chi connectivity index (χ0n) is 21.1. The summed E-state index contributed by atoms with van der Waals surface area (Å²) < 4.78 is 47.0. The van der Waals surface area contributed by atoms with Crippen LogP contribution >= 0.6 is 0 Å². The monoisotopic (exact) mass is 486 g/mol. The first kappa shape index (κ1) is 28.9. The van der Waals surface area contributed by atoms with Gasteiger partial charge in [0.2, 0.25) is 0 Å².